The summed E-state index contributed by atoms with van der Waals surface area (Å²) in [6.07, 6.45) is 1.71. The molecular formula is C18H22BrN5O2. The molecule has 1 N–H and O–H groups in total. The SMILES string of the molecule is CN1CCOc2cccc(CN3CCN(c4cn[nH]c(=O)c4Br)CC3)c21. The van der Waals surface area contributed by atoms with Crippen LogP contribution >= 0.6 is 15.9 Å². The molecule has 1 saturated heterocycles. The summed E-state index contributed by atoms with van der Waals surface area (Å²) in [5, 5.41) is 6.37. The standard InChI is InChI=1S/C18H22BrN5O2/c1-22-9-10-26-15-4-2-3-13(17(15)22)12-23-5-7-24(8-6-23)14-11-20-21-18(25)16(14)19/h2-4,11H,5-10,12H2,1H3,(H,21,25). The molecule has 0 bridgehead atoms. The zero-order chi connectivity index (χ0) is 18.1. The van der Waals surface area contributed by atoms with Crippen LogP contribution in [0, 0.1) is 0 Å². The van der Waals surface area contributed by atoms with Gasteiger partial charge in [0, 0.05) is 39.8 Å². The number of para-hydroxylation sites is 1. The predicted molar refractivity (Wildman–Crippen MR) is 105 cm³/mol. The summed E-state index contributed by atoms with van der Waals surface area (Å²) in [5.74, 6) is 0.980. The maximum absolute atomic E-state index is 11.7. The minimum atomic E-state index is -0.191. The molecule has 0 atom stereocenters. The third-order valence-electron chi connectivity index (χ3n) is 5.03. The molecular weight excluding hydrogens is 398 g/mol. The summed E-state index contributed by atoms with van der Waals surface area (Å²) in [5.41, 5.74) is 3.18. The second-order valence-corrected chi connectivity index (χ2v) is 7.49. The van der Waals surface area contributed by atoms with E-state index in [1.807, 2.05) is 6.07 Å². The van der Waals surface area contributed by atoms with Crippen molar-refractivity contribution in [3.63, 3.8) is 0 Å². The molecule has 138 valence electrons. The Kier molecular flexibility index (Phi) is 4.86. The molecule has 0 radical (unpaired) electrons. The number of fused-ring (bicyclic) bond motifs is 1. The molecule has 2 aliphatic heterocycles. The molecule has 0 unspecified atom stereocenters. The lowest BCUT2D eigenvalue weighted by Crippen LogP contribution is -2.46. The van der Waals surface area contributed by atoms with Gasteiger partial charge in [-0.2, -0.15) is 5.10 Å². The molecule has 0 saturated carbocycles. The average Bonchev–Trinajstić information content (AvgIpc) is 2.65. The number of likely N-dealkylation sites (N-methyl/N-ethyl adjacent to an activating group) is 1. The highest BCUT2D eigenvalue weighted by atomic mass is 79.9. The average molecular weight is 420 g/mol. The van der Waals surface area contributed by atoms with Crippen LogP contribution in [-0.4, -0.2) is 61.5 Å². The molecule has 26 heavy (non-hydrogen) atoms. The lowest BCUT2D eigenvalue weighted by Gasteiger charge is -2.37. The van der Waals surface area contributed by atoms with Crippen molar-refractivity contribution in [3.05, 3.63) is 44.8 Å². The van der Waals surface area contributed by atoms with Crippen molar-refractivity contribution in [3.8, 4) is 5.75 Å². The molecule has 8 heteroatoms. The fourth-order valence-corrected chi connectivity index (χ4v) is 4.07. The van der Waals surface area contributed by atoms with E-state index in [9.17, 15) is 4.79 Å². The first kappa shape index (κ1) is 17.4. The first-order chi connectivity index (χ1) is 12.6. The lowest BCUT2D eigenvalue weighted by molar-refractivity contribution is 0.248. The molecule has 7 nitrogen and oxygen atoms in total. The minimum absolute atomic E-state index is 0.191. The van der Waals surface area contributed by atoms with Crippen LogP contribution in [0.15, 0.2) is 33.7 Å². The second kappa shape index (κ2) is 7.28. The topological polar surface area (TPSA) is 64.7 Å². The van der Waals surface area contributed by atoms with Crippen LogP contribution in [0.3, 0.4) is 0 Å². The van der Waals surface area contributed by atoms with E-state index in [4.69, 9.17) is 4.74 Å². The van der Waals surface area contributed by atoms with E-state index in [2.05, 4.69) is 60.0 Å². The molecule has 0 spiro atoms. The van der Waals surface area contributed by atoms with E-state index in [-0.39, 0.29) is 5.56 Å². The monoisotopic (exact) mass is 419 g/mol. The van der Waals surface area contributed by atoms with E-state index in [0.717, 1.165) is 57.3 Å². The summed E-state index contributed by atoms with van der Waals surface area (Å²) < 4.78 is 6.36. The van der Waals surface area contributed by atoms with Gasteiger partial charge < -0.3 is 14.5 Å². The Balaban J connectivity index is 1.45. The summed E-state index contributed by atoms with van der Waals surface area (Å²) in [4.78, 5) is 18.7. The molecule has 0 amide bonds. The van der Waals surface area contributed by atoms with Crippen molar-refractivity contribution in [1.29, 1.82) is 0 Å². The minimum Gasteiger partial charge on any atom is -0.490 e. The van der Waals surface area contributed by atoms with Crippen molar-refractivity contribution in [1.82, 2.24) is 15.1 Å². The number of nitrogens with one attached hydrogen (secondary N) is 1. The number of H-pyrrole nitrogens is 1. The third kappa shape index (κ3) is 3.31. The van der Waals surface area contributed by atoms with E-state index < -0.39 is 0 Å². The Morgan fingerprint density at radius 2 is 2.04 bits per heavy atom. The van der Waals surface area contributed by atoms with Gasteiger partial charge in [-0.3, -0.25) is 9.69 Å². The molecule has 0 aliphatic carbocycles. The van der Waals surface area contributed by atoms with Gasteiger partial charge in [0.15, 0.2) is 0 Å². The molecule has 3 heterocycles. The Morgan fingerprint density at radius 1 is 1.23 bits per heavy atom. The molecule has 2 aromatic rings. The largest absolute Gasteiger partial charge is 0.490 e. The maximum atomic E-state index is 11.7. The highest BCUT2D eigenvalue weighted by molar-refractivity contribution is 9.10. The van der Waals surface area contributed by atoms with E-state index in [0.29, 0.717) is 4.47 Å². The number of hydrogen-bond donors (Lipinski definition) is 1. The highest BCUT2D eigenvalue weighted by Gasteiger charge is 2.23. The van der Waals surface area contributed by atoms with Crippen molar-refractivity contribution >= 4 is 27.3 Å². The summed E-state index contributed by atoms with van der Waals surface area (Å²) in [6, 6.07) is 6.31. The number of rotatable bonds is 3. The molecule has 4 rings (SSSR count). The van der Waals surface area contributed by atoms with Crippen LogP contribution in [0.5, 0.6) is 5.75 Å². The van der Waals surface area contributed by atoms with Gasteiger partial charge in [0.2, 0.25) is 0 Å². The molecule has 2 aliphatic rings. The van der Waals surface area contributed by atoms with Crippen LogP contribution in [0.1, 0.15) is 5.56 Å². The van der Waals surface area contributed by atoms with Crippen LogP contribution in [0.2, 0.25) is 0 Å². The predicted octanol–water partition coefficient (Wildman–Crippen LogP) is 1.68. The number of halogens is 1. The summed E-state index contributed by atoms with van der Waals surface area (Å²) in [7, 11) is 2.13. The van der Waals surface area contributed by atoms with E-state index in [1.54, 1.807) is 6.20 Å². The van der Waals surface area contributed by atoms with Gasteiger partial charge >= 0.3 is 0 Å². The molecule has 1 aromatic carbocycles. The first-order valence-corrected chi connectivity index (χ1v) is 9.59. The van der Waals surface area contributed by atoms with Crippen molar-refractivity contribution < 1.29 is 4.74 Å². The normalized spacial score (nSPS) is 17.8. The fourth-order valence-electron chi connectivity index (χ4n) is 3.63. The number of nitrogens with zero attached hydrogens (tertiary/aromatic N) is 4. The van der Waals surface area contributed by atoms with Crippen LogP contribution in [-0.2, 0) is 6.54 Å². The van der Waals surface area contributed by atoms with Crippen molar-refractivity contribution in [2.45, 2.75) is 6.54 Å². The smallest absolute Gasteiger partial charge is 0.280 e. The summed E-state index contributed by atoms with van der Waals surface area (Å²) in [6.45, 7) is 6.17. The fraction of sp³-hybridized carbons (Fsp3) is 0.444. The number of hydrogen-bond acceptors (Lipinski definition) is 6. The van der Waals surface area contributed by atoms with Gasteiger partial charge in [-0.1, -0.05) is 12.1 Å². The van der Waals surface area contributed by atoms with Crippen molar-refractivity contribution in [2.24, 2.45) is 0 Å². The Hall–Kier alpha value is -2.06. The zero-order valence-corrected chi connectivity index (χ0v) is 16.3. The van der Waals surface area contributed by atoms with Gasteiger partial charge in [-0.25, -0.2) is 5.10 Å². The number of aromatic nitrogens is 2. The van der Waals surface area contributed by atoms with Crippen LogP contribution in [0.4, 0.5) is 11.4 Å². The second-order valence-electron chi connectivity index (χ2n) is 6.70. The van der Waals surface area contributed by atoms with Crippen LogP contribution in [0.25, 0.3) is 0 Å². The third-order valence-corrected chi connectivity index (χ3v) is 5.80. The number of anilines is 2. The summed E-state index contributed by atoms with van der Waals surface area (Å²) >= 11 is 3.37. The zero-order valence-electron chi connectivity index (χ0n) is 14.7. The Bertz CT molecular complexity index is 848. The Labute approximate surface area is 160 Å². The molecule has 1 fully saturated rings. The number of benzene rings is 1. The van der Waals surface area contributed by atoms with Gasteiger partial charge in [-0.05, 0) is 27.6 Å². The van der Waals surface area contributed by atoms with Crippen LogP contribution < -0.4 is 20.1 Å². The van der Waals surface area contributed by atoms with E-state index in [1.165, 1.54) is 11.3 Å². The highest BCUT2D eigenvalue weighted by Crippen LogP contribution is 2.35. The van der Waals surface area contributed by atoms with Gasteiger partial charge in [-0.15, -0.1) is 0 Å². The van der Waals surface area contributed by atoms with E-state index >= 15 is 0 Å². The van der Waals surface area contributed by atoms with Gasteiger partial charge in [0.25, 0.3) is 5.56 Å². The number of aromatic amines is 1. The lowest BCUT2D eigenvalue weighted by atomic mass is 10.1. The number of piperazine rings is 1. The molecule has 1 aromatic heterocycles. The van der Waals surface area contributed by atoms with Gasteiger partial charge in [0.05, 0.1) is 24.1 Å². The number of ether oxygens (including phenoxy) is 1. The van der Waals surface area contributed by atoms with Gasteiger partial charge in [0.1, 0.15) is 16.8 Å². The maximum Gasteiger partial charge on any atom is 0.280 e. The van der Waals surface area contributed by atoms with Crippen molar-refractivity contribution in [2.75, 3.05) is 56.2 Å². The quantitative estimate of drug-likeness (QED) is 0.816. The Morgan fingerprint density at radius 3 is 2.85 bits per heavy atom. The first-order valence-electron chi connectivity index (χ1n) is 8.80.